The van der Waals surface area contributed by atoms with E-state index in [1.165, 1.54) is 32.8 Å². The van der Waals surface area contributed by atoms with Crippen molar-refractivity contribution in [1.29, 1.82) is 0 Å². The molecule has 1 aromatic heterocycles. The van der Waals surface area contributed by atoms with Gasteiger partial charge in [-0.05, 0) is 53.9 Å². The van der Waals surface area contributed by atoms with Crippen LogP contribution in [-0.2, 0) is 11.2 Å². The highest BCUT2D eigenvalue weighted by Crippen LogP contribution is 2.24. The van der Waals surface area contributed by atoms with Gasteiger partial charge in [0.2, 0.25) is 0 Å². The zero-order valence-corrected chi connectivity index (χ0v) is 24.1. The normalized spacial score (nSPS) is 11.5. The summed E-state index contributed by atoms with van der Waals surface area (Å²) in [5, 5.41) is 12.3. The van der Waals surface area contributed by atoms with Crippen molar-refractivity contribution in [3.8, 4) is 34.0 Å². The molecule has 218 valence electrons. The first-order chi connectivity index (χ1) is 20.5. The van der Waals surface area contributed by atoms with Crippen LogP contribution in [0.4, 0.5) is 0 Å². The summed E-state index contributed by atoms with van der Waals surface area (Å²) in [5.41, 5.74) is 3.83. The van der Waals surface area contributed by atoms with E-state index >= 15 is 0 Å². The van der Waals surface area contributed by atoms with Gasteiger partial charge in [-0.1, -0.05) is 69.0 Å². The molecule has 4 rings (SSSR count). The SMILES string of the molecule is CCCCCCCOc1ccc(-c2cnc(-c3ccc(CC(NC(=O)c4ccc(OC)cc4)C(=O)O)cc3)nc2)cc1. The summed E-state index contributed by atoms with van der Waals surface area (Å²) in [4.78, 5) is 33.5. The molecular weight excluding hydrogens is 530 g/mol. The number of aliphatic carboxylic acids is 1. The van der Waals surface area contributed by atoms with Crippen LogP contribution in [0.2, 0.25) is 0 Å². The molecule has 0 saturated heterocycles. The van der Waals surface area contributed by atoms with Crippen LogP contribution in [0.5, 0.6) is 11.5 Å². The molecular formula is C34H37N3O5. The third-order valence-electron chi connectivity index (χ3n) is 6.96. The van der Waals surface area contributed by atoms with Crippen LogP contribution in [0.3, 0.4) is 0 Å². The number of rotatable bonds is 15. The van der Waals surface area contributed by atoms with Gasteiger partial charge < -0.3 is 19.9 Å². The van der Waals surface area contributed by atoms with Gasteiger partial charge in [-0.2, -0.15) is 0 Å². The minimum atomic E-state index is -1.11. The number of carbonyl (C=O) groups is 2. The van der Waals surface area contributed by atoms with Gasteiger partial charge in [-0.3, -0.25) is 4.79 Å². The Balaban J connectivity index is 1.32. The number of nitrogens with one attached hydrogen (secondary N) is 1. The molecule has 1 heterocycles. The van der Waals surface area contributed by atoms with E-state index in [1.807, 2.05) is 48.5 Å². The molecule has 2 N–H and O–H groups in total. The second-order valence-corrected chi connectivity index (χ2v) is 10.1. The lowest BCUT2D eigenvalue weighted by Crippen LogP contribution is -2.42. The number of aromatic nitrogens is 2. The second-order valence-electron chi connectivity index (χ2n) is 10.1. The van der Waals surface area contributed by atoms with Crippen LogP contribution in [0.1, 0.15) is 54.9 Å². The fourth-order valence-electron chi connectivity index (χ4n) is 4.48. The Morgan fingerprint density at radius 1 is 0.786 bits per heavy atom. The molecule has 0 aliphatic heterocycles. The number of carbonyl (C=O) groups excluding carboxylic acids is 1. The van der Waals surface area contributed by atoms with Crippen molar-refractivity contribution >= 4 is 11.9 Å². The van der Waals surface area contributed by atoms with Gasteiger partial charge in [0, 0.05) is 35.5 Å². The van der Waals surface area contributed by atoms with Gasteiger partial charge in [0.1, 0.15) is 17.5 Å². The first-order valence-electron chi connectivity index (χ1n) is 14.3. The topological polar surface area (TPSA) is 111 Å². The largest absolute Gasteiger partial charge is 0.497 e. The summed E-state index contributed by atoms with van der Waals surface area (Å²) in [6.07, 6.45) is 9.75. The highest BCUT2D eigenvalue weighted by Gasteiger charge is 2.21. The van der Waals surface area contributed by atoms with Crippen molar-refractivity contribution in [3.05, 3.63) is 96.3 Å². The third kappa shape index (κ3) is 8.64. The number of ether oxygens (including phenoxy) is 2. The molecule has 0 aliphatic rings. The first-order valence-corrected chi connectivity index (χ1v) is 14.3. The summed E-state index contributed by atoms with van der Waals surface area (Å²) >= 11 is 0. The van der Waals surface area contributed by atoms with Gasteiger partial charge in [0.15, 0.2) is 5.82 Å². The molecule has 4 aromatic rings. The van der Waals surface area contributed by atoms with E-state index < -0.39 is 17.9 Å². The molecule has 8 heteroatoms. The molecule has 3 aromatic carbocycles. The van der Waals surface area contributed by atoms with Gasteiger partial charge >= 0.3 is 5.97 Å². The van der Waals surface area contributed by atoms with Crippen molar-refractivity contribution in [2.75, 3.05) is 13.7 Å². The molecule has 0 aliphatic carbocycles. The third-order valence-corrected chi connectivity index (χ3v) is 6.96. The van der Waals surface area contributed by atoms with Crippen molar-refractivity contribution in [2.24, 2.45) is 0 Å². The Labute approximate surface area is 246 Å². The number of benzene rings is 3. The number of methoxy groups -OCH3 is 1. The Morgan fingerprint density at radius 3 is 2.02 bits per heavy atom. The van der Waals surface area contributed by atoms with Crippen LogP contribution in [0.25, 0.3) is 22.5 Å². The summed E-state index contributed by atoms with van der Waals surface area (Å²) in [7, 11) is 1.54. The minimum Gasteiger partial charge on any atom is -0.497 e. The van der Waals surface area contributed by atoms with Crippen LogP contribution in [0, 0.1) is 0 Å². The zero-order valence-electron chi connectivity index (χ0n) is 24.1. The van der Waals surface area contributed by atoms with Gasteiger partial charge in [0.25, 0.3) is 5.91 Å². The molecule has 0 bridgehead atoms. The fourth-order valence-corrected chi connectivity index (χ4v) is 4.48. The van der Waals surface area contributed by atoms with Gasteiger partial charge in [-0.15, -0.1) is 0 Å². The first kappa shape index (κ1) is 30.2. The maximum Gasteiger partial charge on any atom is 0.326 e. The molecule has 0 spiro atoms. The minimum absolute atomic E-state index is 0.135. The van der Waals surface area contributed by atoms with Crippen LogP contribution >= 0.6 is 0 Å². The molecule has 1 atom stereocenters. The highest BCUT2D eigenvalue weighted by molar-refractivity contribution is 5.96. The Kier molecular flexibility index (Phi) is 11.0. The lowest BCUT2D eigenvalue weighted by molar-refractivity contribution is -0.139. The molecule has 0 fully saturated rings. The van der Waals surface area contributed by atoms with E-state index in [0.717, 1.165) is 41.0 Å². The number of unbranched alkanes of at least 4 members (excludes halogenated alkanes) is 4. The quantitative estimate of drug-likeness (QED) is 0.156. The second kappa shape index (κ2) is 15.3. The van der Waals surface area contributed by atoms with E-state index in [2.05, 4.69) is 22.2 Å². The number of hydrogen-bond acceptors (Lipinski definition) is 6. The average Bonchev–Trinajstić information content (AvgIpc) is 3.03. The molecule has 42 heavy (non-hydrogen) atoms. The van der Waals surface area contributed by atoms with E-state index in [4.69, 9.17) is 9.47 Å². The van der Waals surface area contributed by atoms with E-state index in [0.29, 0.717) is 17.1 Å². The number of nitrogens with zero attached hydrogens (tertiary/aromatic N) is 2. The molecule has 1 unspecified atom stereocenters. The fraction of sp³-hybridized carbons (Fsp3) is 0.294. The zero-order chi connectivity index (χ0) is 29.7. The highest BCUT2D eigenvalue weighted by atomic mass is 16.5. The lowest BCUT2D eigenvalue weighted by atomic mass is 10.0. The lowest BCUT2D eigenvalue weighted by Gasteiger charge is -2.15. The number of carboxylic acid groups (broad SMARTS) is 1. The van der Waals surface area contributed by atoms with E-state index in [9.17, 15) is 14.7 Å². The summed E-state index contributed by atoms with van der Waals surface area (Å²) in [6.45, 7) is 2.94. The van der Waals surface area contributed by atoms with Crippen LogP contribution in [-0.4, -0.2) is 46.7 Å². The summed E-state index contributed by atoms with van der Waals surface area (Å²) < 4.78 is 11.0. The van der Waals surface area contributed by atoms with Crippen LogP contribution in [0.15, 0.2) is 85.2 Å². The van der Waals surface area contributed by atoms with Crippen molar-refractivity contribution < 1.29 is 24.2 Å². The molecule has 0 radical (unpaired) electrons. The summed E-state index contributed by atoms with van der Waals surface area (Å²) in [5.74, 6) is 0.466. The smallest absolute Gasteiger partial charge is 0.326 e. The van der Waals surface area contributed by atoms with Crippen molar-refractivity contribution in [1.82, 2.24) is 15.3 Å². The Morgan fingerprint density at radius 2 is 1.40 bits per heavy atom. The van der Waals surface area contributed by atoms with Crippen molar-refractivity contribution in [3.63, 3.8) is 0 Å². The Hall–Kier alpha value is -4.72. The average molecular weight is 568 g/mol. The number of carboxylic acids is 1. The number of hydrogen-bond donors (Lipinski definition) is 2. The molecule has 8 nitrogen and oxygen atoms in total. The van der Waals surface area contributed by atoms with E-state index in [-0.39, 0.29) is 6.42 Å². The standard InChI is InChI=1S/C34H37N3O5/c1-3-4-5-6-7-20-42-30-18-12-25(13-19-30)28-22-35-32(36-23-28)26-10-8-24(9-11-26)21-31(34(39)40)37-33(38)27-14-16-29(41-2)17-15-27/h8-19,22-23,31H,3-7,20-21H2,1-2H3,(H,37,38)(H,39,40). The predicted molar refractivity (Wildman–Crippen MR) is 163 cm³/mol. The van der Waals surface area contributed by atoms with Crippen LogP contribution < -0.4 is 14.8 Å². The number of amides is 1. The summed E-state index contributed by atoms with van der Waals surface area (Å²) in [6, 6.07) is 20.7. The maximum atomic E-state index is 12.6. The van der Waals surface area contributed by atoms with Gasteiger partial charge in [0.05, 0.1) is 13.7 Å². The Bertz CT molecular complexity index is 1420. The maximum absolute atomic E-state index is 12.6. The van der Waals surface area contributed by atoms with E-state index in [1.54, 1.807) is 36.7 Å². The monoisotopic (exact) mass is 567 g/mol. The predicted octanol–water partition coefficient (Wildman–Crippen LogP) is 6.59. The molecule has 1 amide bonds. The van der Waals surface area contributed by atoms with Gasteiger partial charge in [-0.25, -0.2) is 14.8 Å². The molecule has 0 saturated carbocycles. The van der Waals surface area contributed by atoms with Crippen molar-refractivity contribution in [2.45, 2.75) is 51.5 Å².